The third-order valence-electron chi connectivity index (χ3n) is 4.94. The largest absolute Gasteiger partial charge is 0.478 e. The van der Waals surface area contributed by atoms with Gasteiger partial charge in [-0.1, -0.05) is 17.7 Å². The Kier molecular flexibility index (Phi) is 5.41. The summed E-state index contributed by atoms with van der Waals surface area (Å²) in [7, 11) is 0. The Morgan fingerprint density at radius 3 is 2.93 bits per heavy atom. The first-order valence-corrected chi connectivity index (χ1v) is 9.68. The molecule has 1 aliphatic rings. The lowest BCUT2D eigenvalue weighted by atomic mass is 10.00. The van der Waals surface area contributed by atoms with Crippen LogP contribution < -0.4 is 10.3 Å². The zero-order valence-corrected chi connectivity index (χ0v) is 15.8. The Hall–Kier alpha value is -2.37. The third-order valence-corrected chi connectivity index (χ3v) is 5.17. The average Bonchev–Trinajstić information content (AvgIpc) is 2.67. The predicted octanol–water partition coefficient (Wildman–Crippen LogP) is 3.79. The standard InChI is InChI=1S/C21H22ClN3O2/c22-18-6-3-17-14-25(11-9-16(17)13-18)10-1-2-12-27-20-8-5-15-4-7-19(26)23-21(15)24-20/h3-8,13H,1-2,9-12,14H2,(H,23,24,26). The molecule has 0 spiro atoms. The zero-order chi connectivity index (χ0) is 18.6. The van der Waals surface area contributed by atoms with Crippen molar-refractivity contribution >= 4 is 22.6 Å². The molecule has 6 heteroatoms. The fourth-order valence-electron chi connectivity index (χ4n) is 3.48. The molecule has 1 N–H and O–H groups in total. The van der Waals surface area contributed by atoms with Gasteiger partial charge in [0, 0.05) is 35.6 Å². The molecule has 5 nitrogen and oxygen atoms in total. The van der Waals surface area contributed by atoms with Gasteiger partial charge in [0.1, 0.15) is 5.65 Å². The van der Waals surface area contributed by atoms with Crippen molar-refractivity contribution in [1.29, 1.82) is 0 Å². The van der Waals surface area contributed by atoms with Crippen molar-refractivity contribution < 1.29 is 4.74 Å². The molecular formula is C21H22ClN3O2. The Morgan fingerprint density at radius 2 is 2.00 bits per heavy atom. The number of H-pyrrole nitrogens is 1. The maximum atomic E-state index is 11.4. The van der Waals surface area contributed by atoms with E-state index in [1.165, 1.54) is 17.2 Å². The van der Waals surface area contributed by atoms with Crippen molar-refractivity contribution in [3.63, 3.8) is 0 Å². The van der Waals surface area contributed by atoms with Crippen molar-refractivity contribution in [2.45, 2.75) is 25.8 Å². The smallest absolute Gasteiger partial charge is 0.249 e. The summed E-state index contributed by atoms with van der Waals surface area (Å²) >= 11 is 6.07. The lowest BCUT2D eigenvalue weighted by Crippen LogP contribution is -2.31. The van der Waals surface area contributed by atoms with Crippen LogP contribution in [0.3, 0.4) is 0 Å². The van der Waals surface area contributed by atoms with E-state index in [1.807, 2.05) is 18.2 Å². The van der Waals surface area contributed by atoms with E-state index in [9.17, 15) is 4.79 Å². The highest BCUT2D eigenvalue weighted by Crippen LogP contribution is 2.22. The van der Waals surface area contributed by atoms with Crippen LogP contribution in [0.5, 0.6) is 5.88 Å². The molecule has 0 atom stereocenters. The topological polar surface area (TPSA) is 58.2 Å². The van der Waals surface area contributed by atoms with E-state index in [4.69, 9.17) is 16.3 Å². The molecule has 0 radical (unpaired) electrons. The average molecular weight is 384 g/mol. The Bertz CT molecular complexity index is 1000. The monoisotopic (exact) mass is 383 g/mol. The molecule has 1 aromatic carbocycles. The quantitative estimate of drug-likeness (QED) is 0.658. The second kappa shape index (κ2) is 8.11. The normalized spacial score (nSPS) is 14.3. The Balaban J connectivity index is 1.23. The molecule has 2 aromatic heterocycles. The van der Waals surface area contributed by atoms with E-state index in [-0.39, 0.29) is 5.56 Å². The van der Waals surface area contributed by atoms with E-state index >= 15 is 0 Å². The molecular weight excluding hydrogens is 362 g/mol. The molecule has 3 aromatic rings. The van der Waals surface area contributed by atoms with Crippen LogP contribution in [0, 0.1) is 0 Å². The summed E-state index contributed by atoms with van der Waals surface area (Å²) in [5, 5.41) is 1.72. The van der Waals surface area contributed by atoms with Gasteiger partial charge in [0.15, 0.2) is 0 Å². The maximum Gasteiger partial charge on any atom is 0.249 e. The highest BCUT2D eigenvalue weighted by atomic mass is 35.5. The fourth-order valence-corrected chi connectivity index (χ4v) is 3.67. The summed E-state index contributed by atoms with van der Waals surface area (Å²) in [6, 6.07) is 13.2. The Labute approximate surface area is 162 Å². The molecule has 0 bridgehead atoms. The van der Waals surface area contributed by atoms with Crippen molar-refractivity contribution in [2.75, 3.05) is 19.7 Å². The first-order valence-electron chi connectivity index (χ1n) is 9.30. The lowest BCUT2D eigenvalue weighted by molar-refractivity contribution is 0.233. The maximum absolute atomic E-state index is 11.4. The molecule has 0 unspecified atom stereocenters. The fraction of sp³-hybridized carbons (Fsp3) is 0.333. The van der Waals surface area contributed by atoms with Gasteiger partial charge in [0.25, 0.3) is 0 Å². The number of aromatic nitrogens is 2. The Morgan fingerprint density at radius 1 is 1.11 bits per heavy atom. The van der Waals surface area contributed by atoms with Crippen LogP contribution in [-0.4, -0.2) is 34.6 Å². The molecule has 4 rings (SSSR count). The van der Waals surface area contributed by atoms with E-state index < -0.39 is 0 Å². The first kappa shape index (κ1) is 18.0. The number of halogens is 1. The number of ether oxygens (including phenoxy) is 1. The summed E-state index contributed by atoms with van der Waals surface area (Å²) in [6.45, 7) is 3.75. The van der Waals surface area contributed by atoms with Gasteiger partial charge in [0.05, 0.1) is 6.61 Å². The van der Waals surface area contributed by atoms with Crippen LogP contribution in [0.25, 0.3) is 11.0 Å². The number of fused-ring (bicyclic) bond motifs is 2. The van der Waals surface area contributed by atoms with Gasteiger partial charge in [-0.15, -0.1) is 0 Å². The number of hydrogen-bond acceptors (Lipinski definition) is 4. The van der Waals surface area contributed by atoms with Gasteiger partial charge < -0.3 is 9.72 Å². The van der Waals surface area contributed by atoms with Crippen molar-refractivity contribution in [3.8, 4) is 5.88 Å². The molecule has 0 fully saturated rings. The molecule has 0 amide bonds. The summed E-state index contributed by atoms with van der Waals surface area (Å²) in [5.74, 6) is 0.549. The van der Waals surface area contributed by atoms with Crippen LogP contribution in [0.15, 0.2) is 47.3 Å². The van der Waals surface area contributed by atoms with Crippen LogP contribution in [-0.2, 0) is 13.0 Å². The van der Waals surface area contributed by atoms with Gasteiger partial charge in [0.2, 0.25) is 11.4 Å². The van der Waals surface area contributed by atoms with E-state index in [2.05, 4.69) is 27.0 Å². The predicted molar refractivity (Wildman–Crippen MR) is 108 cm³/mol. The lowest BCUT2D eigenvalue weighted by Gasteiger charge is -2.28. The summed E-state index contributed by atoms with van der Waals surface area (Å²) < 4.78 is 5.75. The van der Waals surface area contributed by atoms with Gasteiger partial charge in [-0.3, -0.25) is 9.69 Å². The number of rotatable bonds is 6. The number of hydrogen-bond donors (Lipinski definition) is 1. The van der Waals surface area contributed by atoms with Gasteiger partial charge in [-0.25, -0.2) is 0 Å². The van der Waals surface area contributed by atoms with Crippen molar-refractivity contribution in [3.05, 3.63) is 69.0 Å². The van der Waals surface area contributed by atoms with Crippen molar-refractivity contribution in [1.82, 2.24) is 14.9 Å². The SMILES string of the molecule is O=c1ccc2ccc(OCCCCN3CCc4cc(Cl)ccc4C3)nc2[nH]1. The summed E-state index contributed by atoms with van der Waals surface area (Å²) in [4.78, 5) is 21.0. The van der Waals surface area contributed by atoms with Crippen LogP contribution in [0.4, 0.5) is 0 Å². The molecule has 1 aliphatic heterocycles. The molecule has 140 valence electrons. The number of unbranched alkanes of at least 4 members (excludes halogenated alkanes) is 1. The van der Waals surface area contributed by atoms with E-state index in [0.29, 0.717) is 18.1 Å². The van der Waals surface area contributed by atoms with Gasteiger partial charge in [-0.2, -0.15) is 4.98 Å². The minimum Gasteiger partial charge on any atom is -0.478 e. The summed E-state index contributed by atoms with van der Waals surface area (Å²) in [5.41, 5.74) is 3.17. The minimum atomic E-state index is -0.155. The number of benzene rings is 1. The highest BCUT2D eigenvalue weighted by Gasteiger charge is 2.15. The number of nitrogens with one attached hydrogen (secondary N) is 1. The summed E-state index contributed by atoms with van der Waals surface area (Å²) in [6.07, 6.45) is 3.11. The van der Waals surface area contributed by atoms with Crippen LogP contribution in [0.1, 0.15) is 24.0 Å². The molecule has 0 saturated carbocycles. The number of pyridine rings is 2. The number of aromatic amines is 1. The molecule has 0 aliphatic carbocycles. The van der Waals surface area contributed by atoms with Crippen LogP contribution >= 0.6 is 11.6 Å². The van der Waals surface area contributed by atoms with Crippen molar-refractivity contribution in [2.24, 2.45) is 0 Å². The zero-order valence-electron chi connectivity index (χ0n) is 15.1. The second-order valence-electron chi connectivity index (χ2n) is 6.90. The third kappa shape index (κ3) is 4.49. The molecule has 0 saturated heterocycles. The van der Waals surface area contributed by atoms with E-state index in [1.54, 1.807) is 6.07 Å². The molecule has 27 heavy (non-hydrogen) atoms. The van der Waals surface area contributed by atoms with Gasteiger partial charge in [-0.05, 0) is 61.2 Å². The highest BCUT2D eigenvalue weighted by molar-refractivity contribution is 6.30. The minimum absolute atomic E-state index is 0.155. The van der Waals surface area contributed by atoms with E-state index in [0.717, 1.165) is 49.3 Å². The van der Waals surface area contributed by atoms with Crippen LogP contribution in [0.2, 0.25) is 5.02 Å². The molecule has 3 heterocycles. The first-order chi connectivity index (χ1) is 13.2. The van der Waals surface area contributed by atoms with Gasteiger partial charge >= 0.3 is 0 Å². The second-order valence-corrected chi connectivity index (χ2v) is 7.34. The number of nitrogens with zero attached hydrogens (tertiary/aromatic N) is 2.